The molecule has 0 unspecified atom stereocenters. The minimum atomic E-state index is -0.235. The molecule has 168 valence electrons. The lowest BCUT2D eigenvalue weighted by atomic mass is 10.1. The van der Waals surface area contributed by atoms with E-state index in [1.807, 2.05) is 18.3 Å². The molecule has 1 heterocycles. The first kappa shape index (κ1) is 22.4. The van der Waals surface area contributed by atoms with Gasteiger partial charge in [-0.15, -0.1) is 0 Å². The van der Waals surface area contributed by atoms with Crippen LogP contribution in [-0.4, -0.2) is 22.8 Å². The van der Waals surface area contributed by atoms with E-state index in [-0.39, 0.29) is 12.5 Å². The molecule has 6 nitrogen and oxygen atoms in total. The average Bonchev–Trinajstić information content (AvgIpc) is 3.26. The van der Waals surface area contributed by atoms with E-state index in [9.17, 15) is 4.79 Å². The van der Waals surface area contributed by atoms with Gasteiger partial charge in [0.2, 0.25) is 0 Å². The van der Waals surface area contributed by atoms with Gasteiger partial charge >= 0.3 is 0 Å². The maximum absolute atomic E-state index is 12.9. The van der Waals surface area contributed by atoms with Crippen molar-refractivity contribution in [2.24, 2.45) is 0 Å². The zero-order valence-electron chi connectivity index (χ0n) is 18.4. The lowest BCUT2D eigenvalue weighted by Crippen LogP contribution is -2.12. The molecule has 0 fully saturated rings. The van der Waals surface area contributed by atoms with Crippen LogP contribution in [-0.2, 0) is 13.2 Å². The van der Waals surface area contributed by atoms with Crippen LogP contribution in [0.3, 0.4) is 0 Å². The van der Waals surface area contributed by atoms with Gasteiger partial charge in [-0.25, -0.2) is 0 Å². The first-order valence-corrected chi connectivity index (χ1v) is 10.8. The molecule has 1 aromatic heterocycles. The Bertz CT molecular complexity index is 1250. The van der Waals surface area contributed by atoms with Crippen LogP contribution in [0.1, 0.15) is 27.0 Å². The van der Waals surface area contributed by atoms with Crippen LogP contribution in [0.15, 0.2) is 79.1 Å². The summed E-state index contributed by atoms with van der Waals surface area (Å²) in [6.07, 6.45) is 3.46. The molecule has 0 aliphatic heterocycles. The fraction of sp³-hybridized carbons (Fsp3) is 0.154. The van der Waals surface area contributed by atoms with E-state index < -0.39 is 0 Å². The standard InChI is InChI=1S/C26H24ClN3O3/c1-18-5-3-4-6-20(18)15-30-16-23(14-28-30)29-26(31)19-7-12-25(32-2)21(13-19)17-33-24-10-8-22(27)9-11-24/h3-14,16H,15,17H2,1-2H3,(H,29,31). The molecule has 0 aliphatic rings. The van der Waals surface area contributed by atoms with Crippen LogP contribution in [0, 0.1) is 6.92 Å². The van der Waals surface area contributed by atoms with Crippen LogP contribution >= 0.6 is 11.6 Å². The number of nitrogens with one attached hydrogen (secondary N) is 1. The van der Waals surface area contributed by atoms with E-state index >= 15 is 0 Å². The third kappa shape index (κ3) is 5.73. The van der Waals surface area contributed by atoms with Crippen LogP contribution < -0.4 is 14.8 Å². The predicted molar refractivity (Wildman–Crippen MR) is 129 cm³/mol. The van der Waals surface area contributed by atoms with Crippen molar-refractivity contribution in [3.8, 4) is 11.5 Å². The van der Waals surface area contributed by atoms with E-state index in [0.29, 0.717) is 34.3 Å². The Kier molecular flexibility index (Phi) is 6.95. The molecule has 3 aromatic carbocycles. The van der Waals surface area contributed by atoms with Gasteiger partial charge in [-0.2, -0.15) is 5.10 Å². The third-order valence-electron chi connectivity index (χ3n) is 5.24. The lowest BCUT2D eigenvalue weighted by molar-refractivity contribution is 0.102. The Morgan fingerprint density at radius 1 is 1.06 bits per heavy atom. The molecule has 4 rings (SSSR count). The molecule has 0 radical (unpaired) electrons. The number of ether oxygens (including phenoxy) is 2. The molecule has 0 saturated heterocycles. The highest BCUT2D eigenvalue weighted by Crippen LogP contribution is 2.24. The van der Waals surface area contributed by atoms with Gasteiger partial charge in [-0.05, 0) is 60.5 Å². The van der Waals surface area contributed by atoms with Crippen molar-refractivity contribution in [2.45, 2.75) is 20.1 Å². The van der Waals surface area contributed by atoms with Crippen molar-refractivity contribution >= 4 is 23.2 Å². The zero-order valence-corrected chi connectivity index (χ0v) is 19.2. The fourth-order valence-electron chi connectivity index (χ4n) is 3.40. The second kappa shape index (κ2) is 10.2. The zero-order chi connectivity index (χ0) is 23.2. The van der Waals surface area contributed by atoms with Crippen LogP contribution in [0.5, 0.6) is 11.5 Å². The maximum Gasteiger partial charge on any atom is 0.255 e. The van der Waals surface area contributed by atoms with Crippen molar-refractivity contribution < 1.29 is 14.3 Å². The number of methoxy groups -OCH3 is 1. The molecule has 1 amide bonds. The second-order valence-electron chi connectivity index (χ2n) is 7.58. The van der Waals surface area contributed by atoms with Gasteiger partial charge in [0.1, 0.15) is 18.1 Å². The Morgan fingerprint density at radius 3 is 2.61 bits per heavy atom. The molecule has 0 aliphatic carbocycles. The highest BCUT2D eigenvalue weighted by Gasteiger charge is 2.13. The molecular weight excluding hydrogens is 438 g/mol. The van der Waals surface area contributed by atoms with Gasteiger partial charge in [0, 0.05) is 22.3 Å². The van der Waals surface area contributed by atoms with Crippen molar-refractivity contribution in [3.63, 3.8) is 0 Å². The number of benzene rings is 3. The Labute approximate surface area is 197 Å². The van der Waals surface area contributed by atoms with Gasteiger partial charge < -0.3 is 14.8 Å². The number of aromatic nitrogens is 2. The highest BCUT2D eigenvalue weighted by atomic mass is 35.5. The SMILES string of the molecule is COc1ccc(C(=O)Nc2cnn(Cc3ccccc3C)c2)cc1COc1ccc(Cl)cc1. The molecule has 0 atom stereocenters. The monoisotopic (exact) mass is 461 g/mol. The summed E-state index contributed by atoms with van der Waals surface area (Å²) in [5.74, 6) is 1.09. The van der Waals surface area contributed by atoms with E-state index in [1.165, 1.54) is 11.1 Å². The first-order chi connectivity index (χ1) is 16.0. The quantitative estimate of drug-likeness (QED) is 0.363. The highest BCUT2D eigenvalue weighted by molar-refractivity contribution is 6.30. The summed E-state index contributed by atoms with van der Waals surface area (Å²) in [4.78, 5) is 12.9. The summed E-state index contributed by atoms with van der Waals surface area (Å²) in [6, 6.07) is 20.5. The fourth-order valence-corrected chi connectivity index (χ4v) is 3.53. The van der Waals surface area contributed by atoms with Gasteiger partial charge in [0.05, 0.1) is 25.5 Å². The molecule has 0 spiro atoms. The van der Waals surface area contributed by atoms with E-state index in [2.05, 4.69) is 29.5 Å². The molecule has 0 saturated carbocycles. The van der Waals surface area contributed by atoms with Gasteiger partial charge in [-0.3, -0.25) is 9.48 Å². The number of carbonyl (C=O) groups excluding carboxylic acids is 1. The average molecular weight is 462 g/mol. The number of carbonyl (C=O) groups is 1. The Hall–Kier alpha value is -3.77. The maximum atomic E-state index is 12.9. The van der Waals surface area contributed by atoms with Crippen molar-refractivity contribution in [1.82, 2.24) is 9.78 Å². The number of halogens is 1. The first-order valence-electron chi connectivity index (χ1n) is 10.5. The molecule has 0 bridgehead atoms. The van der Waals surface area contributed by atoms with Crippen LogP contribution in [0.2, 0.25) is 5.02 Å². The number of amides is 1. The summed E-state index contributed by atoms with van der Waals surface area (Å²) in [7, 11) is 1.59. The number of hydrogen-bond acceptors (Lipinski definition) is 4. The van der Waals surface area contributed by atoms with Gasteiger partial charge in [0.15, 0.2) is 0 Å². The largest absolute Gasteiger partial charge is 0.496 e. The van der Waals surface area contributed by atoms with Crippen LogP contribution in [0.4, 0.5) is 5.69 Å². The predicted octanol–water partition coefficient (Wildman–Crippen LogP) is 5.73. The molecule has 33 heavy (non-hydrogen) atoms. The number of rotatable bonds is 8. The van der Waals surface area contributed by atoms with E-state index in [4.69, 9.17) is 21.1 Å². The topological polar surface area (TPSA) is 65.4 Å². The number of aryl methyl sites for hydroxylation is 1. The molecule has 4 aromatic rings. The smallest absolute Gasteiger partial charge is 0.255 e. The molecular formula is C26H24ClN3O3. The van der Waals surface area contributed by atoms with E-state index in [1.54, 1.807) is 60.5 Å². The summed E-state index contributed by atoms with van der Waals surface area (Å²) < 4.78 is 13.1. The third-order valence-corrected chi connectivity index (χ3v) is 5.49. The number of nitrogens with zero attached hydrogens (tertiary/aromatic N) is 2. The summed E-state index contributed by atoms with van der Waals surface area (Å²) >= 11 is 5.92. The Balaban J connectivity index is 1.43. The summed E-state index contributed by atoms with van der Waals surface area (Å²) in [5, 5.41) is 7.91. The number of hydrogen-bond donors (Lipinski definition) is 1. The second-order valence-corrected chi connectivity index (χ2v) is 8.01. The normalized spacial score (nSPS) is 10.6. The van der Waals surface area contributed by atoms with Crippen molar-refractivity contribution in [2.75, 3.05) is 12.4 Å². The number of anilines is 1. The minimum absolute atomic E-state index is 0.235. The van der Waals surface area contributed by atoms with Crippen LogP contribution in [0.25, 0.3) is 0 Å². The summed E-state index contributed by atoms with van der Waals surface area (Å²) in [5.41, 5.74) is 4.26. The van der Waals surface area contributed by atoms with Crippen molar-refractivity contribution in [3.05, 3.63) is 106 Å². The molecule has 1 N–H and O–H groups in total. The van der Waals surface area contributed by atoms with Crippen molar-refractivity contribution in [1.29, 1.82) is 0 Å². The van der Waals surface area contributed by atoms with Gasteiger partial charge in [0.25, 0.3) is 5.91 Å². The lowest BCUT2D eigenvalue weighted by Gasteiger charge is -2.12. The van der Waals surface area contributed by atoms with Gasteiger partial charge in [-0.1, -0.05) is 35.9 Å². The summed E-state index contributed by atoms with van der Waals surface area (Å²) in [6.45, 7) is 2.96. The molecule has 7 heteroatoms. The minimum Gasteiger partial charge on any atom is -0.496 e. The Morgan fingerprint density at radius 2 is 1.85 bits per heavy atom. The van der Waals surface area contributed by atoms with E-state index in [0.717, 1.165) is 5.56 Å².